The van der Waals surface area contributed by atoms with Gasteiger partial charge in [0.25, 0.3) is 5.91 Å². The summed E-state index contributed by atoms with van der Waals surface area (Å²) in [6.07, 6.45) is 2.22. The average Bonchev–Trinajstić information content (AvgIpc) is 3.82. The Labute approximate surface area is 354 Å². The maximum absolute atomic E-state index is 13.9. The number of rotatable bonds is 18. The number of aliphatic hydroxyl groups excluding tert-OH is 1. The van der Waals surface area contributed by atoms with Gasteiger partial charge in [-0.15, -0.1) is 23.7 Å². The Morgan fingerprint density at radius 3 is 2.26 bits per heavy atom. The van der Waals surface area contributed by atoms with E-state index in [1.54, 1.807) is 11.3 Å². The number of aromatic nitrogens is 1. The zero-order valence-electron chi connectivity index (χ0n) is 34.7. The monoisotopic (exact) mass is 838 g/mol. The zero-order valence-corrected chi connectivity index (χ0v) is 36.4. The first-order valence-electron chi connectivity index (χ1n) is 20.4. The van der Waals surface area contributed by atoms with Gasteiger partial charge >= 0.3 is 0 Å². The van der Waals surface area contributed by atoms with E-state index in [1.807, 2.05) is 76.7 Å². The van der Waals surface area contributed by atoms with Crippen LogP contribution in [0.15, 0.2) is 54.0 Å². The van der Waals surface area contributed by atoms with E-state index in [9.17, 15) is 24.3 Å². The molecule has 3 atom stereocenters. The number of aliphatic hydroxyl groups is 1. The molecule has 2 saturated heterocycles. The van der Waals surface area contributed by atoms with E-state index in [1.165, 1.54) is 4.90 Å². The second kappa shape index (κ2) is 22.3. The number of likely N-dealkylation sites (N-methyl/N-ethyl adjacent to an activating group) is 1. The number of carbonyl (C=O) groups excluding carboxylic acids is 4. The van der Waals surface area contributed by atoms with Gasteiger partial charge in [-0.05, 0) is 74.0 Å². The lowest BCUT2D eigenvalue weighted by atomic mass is 9.85. The van der Waals surface area contributed by atoms with Crippen LogP contribution in [-0.2, 0) is 20.8 Å². The summed E-state index contributed by atoms with van der Waals surface area (Å²) >= 11 is 1.61. The number of thiazole rings is 1. The van der Waals surface area contributed by atoms with Crippen molar-refractivity contribution in [2.24, 2.45) is 5.41 Å². The van der Waals surface area contributed by atoms with Crippen LogP contribution < -0.4 is 26.2 Å². The van der Waals surface area contributed by atoms with Gasteiger partial charge in [0.15, 0.2) is 0 Å². The molecule has 0 radical (unpaired) electrons. The third-order valence-electron chi connectivity index (χ3n) is 10.9. The van der Waals surface area contributed by atoms with Gasteiger partial charge in [-0.3, -0.25) is 24.1 Å². The number of likely N-dealkylation sites (tertiary alicyclic amines) is 1. The SMILES string of the molecule is CNCCN1CCN(c2ccc(C(=O)NCCCCCC(=O)N[C@H](C(=O)N3C[C@@H](O)C[C@H]3C(=O)NCCc3ccc(-c4scnc4C)cc3)C(C)(C)C)cc2)CC1.Cl. The lowest BCUT2D eigenvalue weighted by molar-refractivity contribution is -0.144. The van der Waals surface area contributed by atoms with E-state index >= 15 is 0 Å². The summed E-state index contributed by atoms with van der Waals surface area (Å²) in [6, 6.07) is 14.3. The summed E-state index contributed by atoms with van der Waals surface area (Å²) < 4.78 is 0. The molecule has 1 aromatic heterocycles. The van der Waals surface area contributed by atoms with Gasteiger partial charge in [-0.1, -0.05) is 51.5 Å². The molecule has 13 nitrogen and oxygen atoms in total. The first-order chi connectivity index (χ1) is 27.3. The molecule has 2 aliphatic heterocycles. The Kier molecular flexibility index (Phi) is 17.9. The van der Waals surface area contributed by atoms with E-state index < -0.39 is 23.6 Å². The van der Waals surface area contributed by atoms with Crippen LogP contribution in [0.1, 0.15) is 74.5 Å². The van der Waals surface area contributed by atoms with Crippen molar-refractivity contribution in [2.45, 2.75) is 84.4 Å². The van der Waals surface area contributed by atoms with Crippen molar-refractivity contribution in [1.29, 1.82) is 0 Å². The van der Waals surface area contributed by atoms with Crippen LogP contribution in [0.2, 0.25) is 0 Å². The van der Waals surface area contributed by atoms with Gasteiger partial charge in [-0.2, -0.15) is 0 Å². The van der Waals surface area contributed by atoms with Crippen molar-refractivity contribution in [2.75, 3.05) is 70.9 Å². The number of amides is 4. The van der Waals surface area contributed by atoms with Crippen LogP contribution >= 0.6 is 23.7 Å². The molecule has 5 N–H and O–H groups in total. The second-order valence-electron chi connectivity index (χ2n) is 16.3. The molecule has 0 bridgehead atoms. The standard InChI is InChI=1S/C43H62N8O5S.ClH/c1-30-38(57-29-47-30)32-12-10-31(11-13-32)18-20-46-41(55)36-27-35(52)28-51(36)42(56)39(43(2,3)4)48-37(53)9-7-6-8-19-45-40(54)33-14-16-34(17-15-33)50-25-23-49(24-26-50)22-21-44-5;/h10-17,29,35-36,39,44,52H,6-9,18-28H2,1-5H3,(H,45,54)(H,46,55)(H,48,53);1H/t35-,36-,39+;/m0./s1. The highest BCUT2D eigenvalue weighted by Crippen LogP contribution is 2.28. The fraction of sp³-hybridized carbons (Fsp3) is 0.558. The summed E-state index contributed by atoms with van der Waals surface area (Å²) in [6.45, 7) is 14.6. The topological polar surface area (TPSA) is 159 Å². The molecular weight excluding hydrogens is 776 g/mol. The fourth-order valence-electron chi connectivity index (χ4n) is 7.42. The molecular formula is C43H63ClN8O5S. The summed E-state index contributed by atoms with van der Waals surface area (Å²) in [4.78, 5) is 64.9. The van der Waals surface area contributed by atoms with E-state index in [0.717, 1.165) is 79.5 Å². The number of carbonyl (C=O) groups is 4. The maximum Gasteiger partial charge on any atom is 0.251 e. The highest BCUT2D eigenvalue weighted by Gasteiger charge is 2.44. The van der Waals surface area contributed by atoms with Crippen molar-refractivity contribution in [3.8, 4) is 10.4 Å². The maximum atomic E-state index is 13.9. The number of aryl methyl sites for hydroxylation is 1. The highest BCUT2D eigenvalue weighted by molar-refractivity contribution is 7.13. The molecule has 0 aliphatic carbocycles. The Hall–Kier alpha value is -4.08. The minimum Gasteiger partial charge on any atom is -0.391 e. The number of hydrogen-bond donors (Lipinski definition) is 5. The minimum absolute atomic E-state index is 0. The van der Waals surface area contributed by atoms with Gasteiger partial charge in [0.1, 0.15) is 12.1 Å². The molecule has 2 aromatic carbocycles. The predicted molar refractivity (Wildman–Crippen MR) is 234 cm³/mol. The Morgan fingerprint density at radius 2 is 1.62 bits per heavy atom. The lowest BCUT2D eigenvalue weighted by Gasteiger charge is -2.36. The molecule has 15 heteroatoms. The van der Waals surface area contributed by atoms with Crippen molar-refractivity contribution in [1.82, 2.24) is 36.1 Å². The van der Waals surface area contributed by atoms with E-state index in [2.05, 4.69) is 48.2 Å². The number of halogens is 1. The fourth-order valence-corrected chi connectivity index (χ4v) is 8.23. The number of hydrogen-bond acceptors (Lipinski definition) is 10. The Morgan fingerprint density at radius 1 is 0.914 bits per heavy atom. The third-order valence-corrected chi connectivity index (χ3v) is 11.8. The molecule has 0 spiro atoms. The van der Waals surface area contributed by atoms with Crippen LogP contribution in [-0.4, -0.2) is 128 Å². The molecule has 4 amide bonds. The number of β-amino-alcohol motifs (C(OH)–C–C–N with tert-alkyl or cyclic N) is 1. The van der Waals surface area contributed by atoms with E-state index in [-0.39, 0.29) is 55.4 Å². The third kappa shape index (κ3) is 13.2. The number of anilines is 1. The smallest absolute Gasteiger partial charge is 0.251 e. The lowest BCUT2D eigenvalue weighted by Crippen LogP contribution is -2.57. The van der Waals surface area contributed by atoms with Crippen LogP contribution in [0.4, 0.5) is 5.69 Å². The van der Waals surface area contributed by atoms with Crippen molar-refractivity contribution >= 4 is 53.1 Å². The van der Waals surface area contributed by atoms with Gasteiger partial charge in [-0.25, -0.2) is 4.98 Å². The number of nitrogens with one attached hydrogen (secondary N) is 4. The van der Waals surface area contributed by atoms with Crippen LogP contribution in [0.5, 0.6) is 0 Å². The molecule has 2 aliphatic rings. The van der Waals surface area contributed by atoms with Crippen molar-refractivity contribution in [3.05, 3.63) is 70.9 Å². The quantitative estimate of drug-likeness (QED) is 0.119. The molecule has 3 heterocycles. The van der Waals surface area contributed by atoms with Crippen LogP contribution in [0.25, 0.3) is 10.4 Å². The molecule has 58 heavy (non-hydrogen) atoms. The number of benzene rings is 2. The predicted octanol–water partition coefficient (Wildman–Crippen LogP) is 4.02. The Balaban J connectivity index is 0.00000744. The first-order valence-corrected chi connectivity index (χ1v) is 21.3. The Bertz CT molecular complexity index is 1780. The second-order valence-corrected chi connectivity index (χ2v) is 17.2. The minimum atomic E-state index is -0.870. The molecule has 0 unspecified atom stereocenters. The molecule has 3 aromatic rings. The van der Waals surface area contributed by atoms with Crippen molar-refractivity contribution in [3.63, 3.8) is 0 Å². The van der Waals surface area contributed by atoms with Crippen LogP contribution in [0.3, 0.4) is 0 Å². The highest BCUT2D eigenvalue weighted by atomic mass is 35.5. The summed E-state index contributed by atoms with van der Waals surface area (Å²) in [5.41, 5.74) is 6.14. The van der Waals surface area contributed by atoms with Gasteiger partial charge in [0.05, 0.1) is 22.2 Å². The molecule has 5 rings (SSSR count). The molecule has 2 fully saturated rings. The number of nitrogens with zero attached hydrogens (tertiary/aromatic N) is 4. The number of unbranched alkanes of at least 4 members (excludes halogenated alkanes) is 2. The van der Waals surface area contributed by atoms with Crippen molar-refractivity contribution < 1.29 is 24.3 Å². The zero-order chi connectivity index (χ0) is 41.0. The normalized spacial score (nSPS) is 17.7. The average molecular weight is 840 g/mol. The summed E-state index contributed by atoms with van der Waals surface area (Å²) in [5, 5.41) is 22.6. The van der Waals surface area contributed by atoms with Crippen LogP contribution in [0, 0.1) is 12.3 Å². The molecule has 0 saturated carbocycles. The van der Waals surface area contributed by atoms with Gasteiger partial charge in [0, 0.05) is 83.0 Å². The number of piperazine rings is 1. The van der Waals surface area contributed by atoms with Gasteiger partial charge < -0.3 is 36.2 Å². The summed E-state index contributed by atoms with van der Waals surface area (Å²) in [5.74, 6) is -1.05. The largest absolute Gasteiger partial charge is 0.391 e. The molecule has 318 valence electrons. The van der Waals surface area contributed by atoms with E-state index in [0.29, 0.717) is 31.5 Å². The van der Waals surface area contributed by atoms with E-state index in [4.69, 9.17) is 0 Å². The summed E-state index contributed by atoms with van der Waals surface area (Å²) in [7, 11) is 1.98. The van der Waals surface area contributed by atoms with Gasteiger partial charge in [0.2, 0.25) is 17.7 Å². The first kappa shape index (κ1) is 46.6.